The minimum atomic E-state index is -4.56. The molecule has 0 unspecified atom stereocenters. The van der Waals surface area contributed by atoms with Gasteiger partial charge in [-0.25, -0.2) is 14.6 Å². The van der Waals surface area contributed by atoms with Gasteiger partial charge in [0.15, 0.2) is 5.16 Å². The molecule has 0 fully saturated rings. The second-order valence-corrected chi connectivity index (χ2v) is 6.92. The van der Waals surface area contributed by atoms with Crippen molar-refractivity contribution in [2.75, 3.05) is 11.1 Å². The summed E-state index contributed by atoms with van der Waals surface area (Å²) in [5.74, 6) is -0.0735. The third-order valence-electron chi connectivity index (χ3n) is 3.63. The van der Waals surface area contributed by atoms with Crippen LogP contribution in [0, 0.1) is 13.8 Å². The molecular formula is C18H16F3N5OS. The van der Waals surface area contributed by atoms with Gasteiger partial charge in [-0.1, -0.05) is 29.5 Å². The Morgan fingerprint density at radius 3 is 2.57 bits per heavy atom. The maximum Gasteiger partial charge on any atom is 0.433 e. The fraction of sp³-hybridized carbons (Fsp3) is 0.222. The Hall–Kier alpha value is -2.88. The summed E-state index contributed by atoms with van der Waals surface area (Å²) >= 11 is 0.825. The van der Waals surface area contributed by atoms with Crippen molar-refractivity contribution in [1.29, 1.82) is 0 Å². The summed E-state index contributed by atoms with van der Waals surface area (Å²) < 4.78 is 39.7. The maximum atomic E-state index is 12.7. The van der Waals surface area contributed by atoms with Gasteiger partial charge in [-0.2, -0.15) is 18.3 Å². The topological polar surface area (TPSA) is 72.7 Å². The van der Waals surface area contributed by atoms with Crippen LogP contribution in [0.5, 0.6) is 0 Å². The molecule has 0 saturated carbocycles. The van der Waals surface area contributed by atoms with E-state index in [0.29, 0.717) is 11.5 Å². The van der Waals surface area contributed by atoms with Gasteiger partial charge in [-0.3, -0.25) is 4.79 Å². The summed E-state index contributed by atoms with van der Waals surface area (Å²) in [5.41, 5.74) is 1.54. The largest absolute Gasteiger partial charge is 0.433 e. The average Bonchev–Trinajstić information content (AvgIpc) is 3.00. The highest BCUT2D eigenvalue weighted by molar-refractivity contribution is 7.99. The first-order chi connectivity index (χ1) is 13.2. The molecule has 0 spiro atoms. The van der Waals surface area contributed by atoms with Crippen LogP contribution in [0.3, 0.4) is 0 Å². The van der Waals surface area contributed by atoms with Gasteiger partial charge < -0.3 is 5.32 Å². The summed E-state index contributed by atoms with van der Waals surface area (Å²) in [5, 5.41) is 6.97. The minimum Gasteiger partial charge on any atom is -0.310 e. The van der Waals surface area contributed by atoms with Gasteiger partial charge in [0.25, 0.3) is 0 Å². The number of rotatable bonds is 5. The Bertz CT molecular complexity index is 986. The molecular weight excluding hydrogens is 391 g/mol. The maximum absolute atomic E-state index is 12.7. The van der Waals surface area contributed by atoms with E-state index in [1.54, 1.807) is 17.7 Å². The molecule has 1 amide bonds. The Labute approximate surface area is 163 Å². The normalized spacial score (nSPS) is 11.5. The zero-order valence-electron chi connectivity index (χ0n) is 15.0. The Kier molecular flexibility index (Phi) is 5.68. The van der Waals surface area contributed by atoms with E-state index < -0.39 is 17.8 Å². The van der Waals surface area contributed by atoms with Crippen molar-refractivity contribution in [1.82, 2.24) is 19.7 Å². The average molecular weight is 407 g/mol. The van der Waals surface area contributed by atoms with Crippen molar-refractivity contribution in [3.8, 4) is 5.69 Å². The highest BCUT2D eigenvalue weighted by atomic mass is 32.2. The predicted molar refractivity (Wildman–Crippen MR) is 99.4 cm³/mol. The molecule has 2 aromatic heterocycles. The van der Waals surface area contributed by atoms with Crippen LogP contribution in [0.25, 0.3) is 5.69 Å². The highest BCUT2D eigenvalue weighted by Gasteiger charge is 2.32. The fourth-order valence-electron chi connectivity index (χ4n) is 2.35. The molecule has 0 saturated heterocycles. The number of carbonyl (C=O) groups excluding carboxylic acids is 1. The van der Waals surface area contributed by atoms with Crippen LogP contribution in [0.15, 0.2) is 47.8 Å². The zero-order chi connectivity index (χ0) is 20.3. The lowest BCUT2D eigenvalue weighted by Crippen LogP contribution is -2.17. The third-order valence-corrected chi connectivity index (χ3v) is 4.50. The van der Waals surface area contributed by atoms with E-state index in [1.165, 1.54) is 0 Å². The number of hydrogen-bond acceptors (Lipinski definition) is 5. The first kappa shape index (κ1) is 19.9. The standard InChI is InChI=1S/C18H16F3N5OS/c1-11-3-5-13(6-4-11)26-15(9-12(2)25-26)24-16(27)10-28-17-22-8-7-14(23-17)18(19,20)21/h3-9H,10H2,1-2H3,(H,24,27). The smallest absolute Gasteiger partial charge is 0.310 e. The number of benzene rings is 1. The molecule has 146 valence electrons. The SMILES string of the molecule is Cc1ccc(-n2nc(C)cc2NC(=O)CSc2nccc(C(F)(F)F)n2)cc1. The summed E-state index contributed by atoms with van der Waals surface area (Å²) in [6, 6.07) is 10.1. The molecule has 10 heteroatoms. The number of halogens is 3. The second-order valence-electron chi connectivity index (χ2n) is 5.98. The van der Waals surface area contributed by atoms with Crippen LogP contribution in [0.4, 0.5) is 19.0 Å². The van der Waals surface area contributed by atoms with Gasteiger partial charge in [-0.05, 0) is 32.0 Å². The van der Waals surface area contributed by atoms with E-state index >= 15 is 0 Å². The number of amides is 1. The van der Waals surface area contributed by atoms with Gasteiger partial charge in [0, 0.05) is 12.3 Å². The Morgan fingerprint density at radius 1 is 1.18 bits per heavy atom. The van der Waals surface area contributed by atoms with Gasteiger partial charge in [0.1, 0.15) is 11.5 Å². The predicted octanol–water partition coefficient (Wildman–Crippen LogP) is 4.03. The minimum absolute atomic E-state index is 0.117. The highest BCUT2D eigenvalue weighted by Crippen LogP contribution is 2.28. The molecule has 1 aromatic carbocycles. The monoisotopic (exact) mass is 407 g/mol. The van der Waals surface area contributed by atoms with Crippen molar-refractivity contribution in [3.05, 3.63) is 59.5 Å². The molecule has 0 bridgehead atoms. The molecule has 0 atom stereocenters. The van der Waals surface area contributed by atoms with E-state index in [2.05, 4.69) is 20.4 Å². The zero-order valence-corrected chi connectivity index (χ0v) is 15.8. The van der Waals surface area contributed by atoms with E-state index in [-0.39, 0.29) is 10.9 Å². The van der Waals surface area contributed by atoms with Gasteiger partial charge in [0.05, 0.1) is 17.1 Å². The first-order valence-electron chi connectivity index (χ1n) is 8.19. The molecule has 28 heavy (non-hydrogen) atoms. The second kappa shape index (κ2) is 8.01. The summed E-state index contributed by atoms with van der Waals surface area (Å²) in [6.45, 7) is 3.76. The third kappa shape index (κ3) is 4.89. The van der Waals surface area contributed by atoms with Crippen LogP contribution >= 0.6 is 11.8 Å². The number of hydrogen-bond donors (Lipinski definition) is 1. The molecule has 6 nitrogen and oxygen atoms in total. The number of thioether (sulfide) groups is 1. The lowest BCUT2D eigenvalue weighted by Gasteiger charge is -2.09. The van der Waals surface area contributed by atoms with Gasteiger partial charge in [-0.15, -0.1) is 0 Å². The van der Waals surface area contributed by atoms with E-state index in [0.717, 1.165) is 35.3 Å². The fourth-order valence-corrected chi connectivity index (χ4v) is 2.98. The van der Waals surface area contributed by atoms with Crippen LogP contribution < -0.4 is 5.32 Å². The number of nitrogens with one attached hydrogen (secondary N) is 1. The van der Waals surface area contributed by atoms with Crippen LogP contribution in [0.1, 0.15) is 17.0 Å². The lowest BCUT2D eigenvalue weighted by molar-refractivity contribution is -0.141. The van der Waals surface area contributed by atoms with Crippen LogP contribution in [-0.4, -0.2) is 31.4 Å². The van der Waals surface area contributed by atoms with Crippen molar-refractivity contribution in [2.45, 2.75) is 25.2 Å². The number of carbonyl (C=O) groups is 1. The van der Waals surface area contributed by atoms with E-state index in [9.17, 15) is 18.0 Å². The molecule has 0 aliphatic rings. The van der Waals surface area contributed by atoms with Crippen molar-refractivity contribution < 1.29 is 18.0 Å². The molecule has 0 radical (unpaired) electrons. The molecule has 1 N–H and O–H groups in total. The summed E-state index contributed by atoms with van der Waals surface area (Å²) in [7, 11) is 0. The molecule has 3 rings (SSSR count). The van der Waals surface area contributed by atoms with Crippen LogP contribution in [-0.2, 0) is 11.0 Å². The van der Waals surface area contributed by atoms with Crippen molar-refractivity contribution >= 4 is 23.5 Å². The first-order valence-corrected chi connectivity index (χ1v) is 9.17. The van der Waals surface area contributed by atoms with Crippen LogP contribution in [0.2, 0.25) is 0 Å². The number of anilines is 1. The lowest BCUT2D eigenvalue weighted by atomic mass is 10.2. The van der Waals surface area contributed by atoms with Gasteiger partial charge >= 0.3 is 6.18 Å². The van der Waals surface area contributed by atoms with E-state index in [4.69, 9.17) is 0 Å². The molecule has 0 aliphatic carbocycles. The Morgan fingerprint density at radius 2 is 1.89 bits per heavy atom. The summed E-state index contributed by atoms with van der Waals surface area (Å²) in [4.78, 5) is 19.5. The molecule has 3 aromatic rings. The molecule has 0 aliphatic heterocycles. The number of nitrogens with zero attached hydrogens (tertiary/aromatic N) is 4. The summed E-state index contributed by atoms with van der Waals surface area (Å²) in [6.07, 6.45) is -3.54. The van der Waals surface area contributed by atoms with Crippen molar-refractivity contribution in [2.24, 2.45) is 0 Å². The molecule has 2 heterocycles. The quantitative estimate of drug-likeness (QED) is 0.511. The van der Waals surface area contributed by atoms with Gasteiger partial charge in [0.2, 0.25) is 5.91 Å². The van der Waals surface area contributed by atoms with E-state index in [1.807, 2.05) is 31.2 Å². The number of aryl methyl sites for hydroxylation is 2. The number of alkyl halides is 3. The Balaban J connectivity index is 1.68. The van der Waals surface area contributed by atoms with Crippen molar-refractivity contribution in [3.63, 3.8) is 0 Å². The number of aromatic nitrogens is 4.